The summed E-state index contributed by atoms with van der Waals surface area (Å²) in [7, 11) is 1.73. The predicted molar refractivity (Wildman–Crippen MR) is 81.1 cm³/mol. The van der Waals surface area contributed by atoms with Gasteiger partial charge >= 0.3 is 0 Å². The average Bonchev–Trinajstić information content (AvgIpc) is 2.38. The molecule has 1 N–H and O–H groups in total. The van der Waals surface area contributed by atoms with Crippen molar-refractivity contribution < 1.29 is 14.6 Å². The highest BCUT2D eigenvalue weighted by atomic mass is 127. The van der Waals surface area contributed by atoms with E-state index in [-0.39, 0.29) is 5.91 Å². The predicted octanol–water partition coefficient (Wildman–Crippen LogP) is 1.90. The molecule has 5 heteroatoms. The molecule has 0 saturated carbocycles. The molecule has 1 aliphatic rings. The Morgan fingerprint density at radius 3 is 2.79 bits per heavy atom. The van der Waals surface area contributed by atoms with Crippen LogP contribution in [-0.2, 0) is 4.74 Å². The van der Waals surface area contributed by atoms with Gasteiger partial charge in [0.2, 0.25) is 0 Å². The van der Waals surface area contributed by atoms with Gasteiger partial charge in [0, 0.05) is 48.8 Å². The van der Waals surface area contributed by atoms with Crippen LogP contribution in [0.4, 0.5) is 0 Å². The zero-order valence-corrected chi connectivity index (χ0v) is 13.1. The molecule has 1 amide bonds. The Bertz CT molecular complexity index is 458. The second-order valence-corrected chi connectivity index (χ2v) is 6.25. The number of benzene rings is 1. The minimum Gasteiger partial charge on any atom is -0.388 e. The lowest BCUT2D eigenvalue weighted by molar-refractivity contribution is -0.0734. The summed E-state index contributed by atoms with van der Waals surface area (Å²) in [5, 5.41) is 10.4. The molecular weight excluding hydrogens is 357 g/mol. The monoisotopic (exact) mass is 375 g/mol. The van der Waals surface area contributed by atoms with Crippen molar-refractivity contribution in [3.05, 3.63) is 33.4 Å². The van der Waals surface area contributed by atoms with Crippen LogP contribution in [0.3, 0.4) is 0 Å². The van der Waals surface area contributed by atoms with Crippen molar-refractivity contribution in [2.24, 2.45) is 0 Å². The molecule has 1 heterocycles. The van der Waals surface area contributed by atoms with Crippen molar-refractivity contribution in [2.75, 3.05) is 26.8 Å². The molecule has 0 aromatic heterocycles. The standard InChI is InChI=1S/C14H18INO3/c1-16(10-14(18)5-7-19-8-6-14)13(17)11-3-2-4-12(15)9-11/h2-4,9,18H,5-8,10H2,1H3. The molecule has 1 saturated heterocycles. The number of likely N-dealkylation sites (N-methyl/N-ethyl adjacent to an activating group) is 1. The second kappa shape index (κ2) is 6.19. The number of hydrogen-bond acceptors (Lipinski definition) is 3. The molecule has 1 aliphatic heterocycles. The molecule has 2 rings (SSSR count). The minimum absolute atomic E-state index is 0.0570. The minimum atomic E-state index is -0.815. The maximum Gasteiger partial charge on any atom is 0.253 e. The summed E-state index contributed by atoms with van der Waals surface area (Å²) in [4.78, 5) is 13.9. The van der Waals surface area contributed by atoms with Crippen molar-refractivity contribution in [2.45, 2.75) is 18.4 Å². The molecule has 0 bridgehead atoms. The van der Waals surface area contributed by atoms with Crippen LogP contribution in [0.2, 0.25) is 0 Å². The smallest absolute Gasteiger partial charge is 0.253 e. The van der Waals surface area contributed by atoms with Crippen molar-refractivity contribution in [1.82, 2.24) is 4.90 Å². The Kier molecular flexibility index (Phi) is 4.81. The molecule has 1 fully saturated rings. The second-order valence-electron chi connectivity index (χ2n) is 5.01. The van der Waals surface area contributed by atoms with Crippen molar-refractivity contribution in [3.8, 4) is 0 Å². The lowest BCUT2D eigenvalue weighted by Gasteiger charge is -2.35. The highest BCUT2D eigenvalue weighted by molar-refractivity contribution is 14.1. The first-order valence-electron chi connectivity index (χ1n) is 6.31. The van der Waals surface area contributed by atoms with E-state index in [0.717, 1.165) is 3.57 Å². The number of amides is 1. The number of rotatable bonds is 3. The van der Waals surface area contributed by atoms with E-state index >= 15 is 0 Å². The summed E-state index contributed by atoms with van der Waals surface area (Å²) in [5.74, 6) is -0.0570. The van der Waals surface area contributed by atoms with E-state index in [0.29, 0.717) is 38.2 Å². The number of carbonyl (C=O) groups excluding carboxylic acids is 1. The first kappa shape index (κ1) is 14.7. The molecule has 0 atom stereocenters. The normalized spacial score (nSPS) is 18.1. The Hall–Kier alpha value is -0.660. The molecule has 1 aromatic carbocycles. The number of aliphatic hydroxyl groups is 1. The topological polar surface area (TPSA) is 49.8 Å². The molecular formula is C14H18INO3. The third kappa shape index (κ3) is 3.90. The van der Waals surface area contributed by atoms with Gasteiger partial charge in [-0.05, 0) is 40.8 Å². The first-order chi connectivity index (χ1) is 9.00. The molecule has 4 nitrogen and oxygen atoms in total. The maximum atomic E-state index is 12.3. The van der Waals surface area contributed by atoms with Gasteiger partial charge in [0.25, 0.3) is 5.91 Å². The fourth-order valence-electron chi connectivity index (χ4n) is 2.26. The number of nitrogens with zero attached hydrogens (tertiary/aromatic N) is 1. The van der Waals surface area contributed by atoms with Gasteiger partial charge in [0.05, 0.1) is 5.60 Å². The lowest BCUT2D eigenvalue weighted by Crippen LogP contribution is -2.47. The number of carbonyl (C=O) groups is 1. The summed E-state index contributed by atoms with van der Waals surface area (Å²) in [6, 6.07) is 7.47. The van der Waals surface area contributed by atoms with Crippen molar-refractivity contribution >= 4 is 28.5 Å². The molecule has 0 radical (unpaired) electrons. The fraction of sp³-hybridized carbons (Fsp3) is 0.500. The lowest BCUT2D eigenvalue weighted by atomic mass is 9.94. The van der Waals surface area contributed by atoms with Crippen LogP contribution >= 0.6 is 22.6 Å². The van der Waals surface area contributed by atoms with Crippen molar-refractivity contribution in [3.63, 3.8) is 0 Å². The van der Waals surface area contributed by atoms with Gasteiger partial charge in [-0.1, -0.05) is 6.07 Å². The van der Waals surface area contributed by atoms with Gasteiger partial charge in [0.15, 0.2) is 0 Å². The van der Waals surface area contributed by atoms with Crippen LogP contribution in [0, 0.1) is 3.57 Å². The van der Waals surface area contributed by atoms with Crippen LogP contribution < -0.4 is 0 Å². The largest absolute Gasteiger partial charge is 0.388 e. The van der Waals surface area contributed by atoms with Crippen LogP contribution in [-0.4, -0.2) is 48.3 Å². The van der Waals surface area contributed by atoms with E-state index in [9.17, 15) is 9.90 Å². The maximum absolute atomic E-state index is 12.3. The summed E-state index contributed by atoms with van der Waals surface area (Å²) in [6.07, 6.45) is 1.16. The van der Waals surface area contributed by atoms with E-state index in [1.807, 2.05) is 18.2 Å². The average molecular weight is 375 g/mol. The zero-order chi connectivity index (χ0) is 13.9. The van der Waals surface area contributed by atoms with Gasteiger partial charge < -0.3 is 14.7 Å². The fourth-order valence-corrected chi connectivity index (χ4v) is 2.81. The van der Waals surface area contributed by atoms with Crippen LogP contribution in [0.25, 0.3) is 0 Å². The Balaban J connectivity index is 2.03. The van der Waals surface area contributed by atoms with Gasteiger partial charge in [-0.25, -0.2) is 0 Å². The third-order valence-corrected chi connectivity index (χ3v) is 4.04. The SMILES string of the molecule is CN(CC1(O)CCOCC1)C(=O)c1cccc(I)c1. The van der Waals surface area contributed by atoms with E-state index in [2.05, 4.69) is 22.6 Å². The molecule has 0 aliphatic carbocycles. The first-order valence-corrected chi connectivity index (χ1v) is 7.39. The quantitative estimate of drug-likeness (QED) is 0.822. The number of halogens is 1. The summed E-state index contributed by atoms with van der Waals surface area (Å²) >= 11 is 2.18. The number of ether oxygens (including phenoxy) is 1. The third-order valence-electron chi connectivity index (χ3n) is 3.37. The number of hydrogen-bond donors (Lipinski definition) is 1. The van der Waals surface area contributed by atoms with E-state index in [4.69, 9.17) is 4.74 Å². The van der Waals surface area contributed by atoms with Gasteiger partial charge in [-0.3, -0.25) is 4.79 Å². The summed E-state index contributed by atoms with van der Waals surface area (Å²) < 4.78 is 6.27. The molecule has 0 spiro atoms. The molecule has 1 aromatic rings. The van der Waals surface area contributed by atoms with E-state index in [1.165, 1.54) is 0 Å². The Morgan fingerprint density at radius 1 is 1.47 bits per heavy atom. The van der Waals surface area contributed by atoms with Crippen molar-refractivity contribution in [1.29, 1.82) is 0 Å². The Morgan fingerprint density at radius 2 is 2.16 bits per heavy atom. The molecule has 104 valence electrons. The van der Waals surface area contributed by atoms with Crippen LogP contribution in [0.1, 0.15) is 23.2 Å². The summed E-state index contributed by atoms with van der Waals surface area (Å²) in [6.45, 7) is 1.46. The van der Waals surface area contributed by atoms with Gasteiger partial charge in [-0.15, -0.1) is 0 Å². The summed E-state index contributed by atoms with van der Waals surface area (Å²) in [5.41, 5.74) is -0.157. The highest BCUT2D eigenvalue weighted by Gasteiger charge is 2.32. The van der Waals surface area contributed by atoms with Gasteiger partial charge in [0.1, 0.15) is 0 Å². The Labute approximate surface area is 126 Å². The van der Waals surface area contributed by atoms with E-state index < -0.39 is 5.60 Å². The molecule has 19 heavy (non-hydrogen) atoms. The van der Waals surface area contributed by atoms with Crippen LogP contribution in [0.15, 0.2) is 24.3 Å². The highest BCUT2D eigenvalue weighted by Crippen LogP contribution is 2.22. The van der Waals surface area contributed by atoms with Crippen LogP contribution in [0.5, 0.6) is 0 Å². The molecule has 0 unspecified atom stereocenters. The zero-order valence-electron chi connectivity index (χ0n) is 10.9. The van der Waals surface area contributed by atoms with Gasteiger partial charge in [-0.2, -0.15) is 0 Å². The van der Waals surface area contributed by atoms with E-state index in [1.54, 1.807) is 18.0 Å².